The van der Waals surface area contributed by atoms with Crippen molar-refractivity contribution in [2.24, 2.45) is 0 Å². The molecule has 0 bridgehead atoms. The van der Waals surface area contributed by atoms with E-state index in [4.69, 9.17) is 0 Å². The number of hydrogen-bond acceptors (Lipinski definition) is 1. The number of alkyl halides is 3. The highest BCUT2D eigenvalue weighted by Gasteiger charge is 2.31. The van der Waals surface area contributed by atoms with Crippen molar-refractivity contribution in [2.75, 3.05) is 6.54 Å². The second-order valence-corrected chi connectivity index (χ2v) is 6.17. The van der Waals surface area contributed by atoms with Gasteiger partial charge in [-0.05, 0) is 48.2 Å². The van der Waals surface area contributed by atoms with E-state index < -0.39 is 11.7 Å². The molecule has 0 spiro atoms. The third kappa shape index (κ3) is 4.00. The number of carbonyl (C=O) groups excluding carboxylic acids is 1. The van der Waals surface area contributed by atoms with E-state index in [1.54, 1.807) is 17.0 Å². The first-order chi connectivity index (χ1) is 11.8. The van der Waals surface area contributed by atoms with Crippen LogP contribution in [0.25, 0.3) is 0 Å². The smallest absolute Gasteiger partial charge is 0.335 e. The van der Waals surface area contributed by atoms with E-state index in [0.29, 0.717) is 12.1 Å². The first-order valence-electron chi connectivity index (χ1n) is 8.05. The Morgan fingerprint density at radius 2 is 1.68 bits per heavy atom. The summed E-state index contributed by atoms with van der Waals surface area (Å²) in [5, 5.41) is 0. The molecule has 1 heterocycles. The van der Waals surface area contributed by atoms with Crippen molar-refractivity contribution >= 4 is 5.91 Å². The van der Waals surface area contributed by atoms with E-state index in [0.717, 1.165) is 30.5 Å². The fourth-order valence-electron chi connectivity index (χ4n) is 3.18. The first kappa shape index (κ1) is 17.5. The van der Waals surface area contributed by atoms with Gasteiger partial charge in [0.15, 0.2) is 0 Å². The second kappa shape index (κ2) is 6.86. The Hall–Kier alpha value is -2.37. The van der Waals surface area contributed by atoms with Crippen LogP contribution in [-0.4, -0.2) is 17.4 Å². The Bertz CT molecular complexity index is 738. The summed E-state index contributed by atoms with van der Waals surface area (Å²) >= 11 is 0. The van der Waals surface area contributed by atoms with Gasteiger partial charge < -0.3 is 4.90 Å². The van der Waals surface area contributed by atoms with Crippen molar-refractivity contribution in [2.45, 2.75) is 31.5 Å². The quantitative estimate of drug-likeness (QED) is 0.731. The summed E-state index contributed by atoms with van der Waals surface area (Å²) in [4.78, 5) is 14.3. The van der Waals surface area contributed by atoms with Crippen LogP contribution in [0.1, 0.15) is 35.6 Å². The predicted octanol–water partition coefficient (Wildman–Crippen LogP) is 4.75. The van der Waals surface area contributed by atoms with Gasteiger partial charge >= 0.3 is 6.18 Å². The van der Waals surface area contributed by atoms with Gasteiger partial charge in [-0.25, -0.2) is 4.39 Å². The number of hydrogen-bond donors (Lipinski definition) is 0. The number of carbonyl (C=O) groups is 1. The number of halogens is 4. The molecule has 2 nitrogen and oxygen atoms in total. The minimum atomic E-state index is -4.38. The highest BCUT2D eigenvalue weighted by Crippen LogP contribution is 2.33. The van der Waals surface area contributed by atoms with Gasteiger partial charge in [0.1, 0.15) is 5.82 Å². The Balaban J connectivity index is 1.70. The molecule has 0 N–H and O–H groups in total. The minimum absolute atomic E-state index is 0.0514. The topological polar surface area (TPSA) is 20.3 Å². The van der Waals surface area contributed by atoms with E-state index >= 15 is 0 Å². The summed E-state index contributed by atoms with van der Waals surface area (Å²) in [6.45, 7) is 0.599. The van der Waals surface area contributed by atoms with Gasteiger partial charge in [0.2, 0.25) is 5.91 Å². The number of amides is 1. The molecule has 1 unspecified atom stereocenters. The standard InChI is InChI=1S/C19H17F4NO/c20-16-9-5-14(6-10-16)17-2-1-11-24(17)18(25)12-13-3-7-15(8-4-13)19(21,22)23/h3-10,17H,1-2,11-12H2. The van der Waals surface area contributed by atoms with Gasteiger partial charge in [0.25, 0.3) is 0 Å². The third-order valence-electron chi connectivity index (χ3n) is 4.46. The first-order valence-corrected chi connectivity index (χ1v) is 8.05. The molecule has 0 radical (unpaired) electrons. The normalized spacial score (nSPS) is 17.8. The summed E-state index contributed by atoms with van der Waals surface area (Å²) in [6, 6.07) is 10.6. The van der Waals surface area contributed by atoms with Gasteiger partial charge in [-0.15, -0.1) is 0 Å². The second-order valence-electron chi connectivity index (χ2n) is 6.17. The molecule has 1 fully saturated rings. The monoisotopic (exact) mass is 351 g/mol. The van der Waals surface area contributed by atoms with Crippen LogP contribution in [-0.2, 0) is 17.4 Å². The highest BCUT2D eigenvalue weighted by atomic mass is 19.4. The van der Waals surface area contributed by atoms with Crippen molar-refractivity contribution in [1.29, 1.82) is 0 Å². The van der Waals surface area contributed by atoms with Gasteiger partial charge in [-0.2, -0.15) is 13.2 Å². The van der Waals surface area contributed by atoms with Crippen LogP contribution in [0.5, 0.6) is 0 Å². The average Bonchev–Trinajstić information content (AvgIpc) is 3.05. The van der Waals surface area contributed by atoms with Crippen LogP contribution in [0.3, 0.4) is 0 Å². The van der Waals surface area contributed by atoms with E-state index in [1.807, 2.05) is 0 Å². The molecule has 25 heavy (non-hydrogen) atoms. The fourth-order valence-corrected chi connectivity index (χ4v) is 3.18. The molecule has 1 atom stereocenters. The van der Waals surface area contributed by atoms with Crippen molar-refractivity contribution < 1.29 is 22.4 Å². The molecule has 1 amide bonds. The Morgan fingerprint density at radius 1 is 1.04 bits per heavy atom. The van der Waals surface area contributed by atoms with Crippen LogP contribution in [0.4, 0.5) is 17.6 Å². The van der Waals surface area contributed by atoms with Gasteiger partial charge in [-0.1, -0.05) is 24.3 Å². The molecule has 6 heteroatoms. The van der Waals surface area contributed by atoms with E-state index in [1.165, 1.54) is 24.3 Å². The number of benzene rings is 2. The summed E-state index contributed by atoms with van der Waals surface area (Å²) in [5.41, 5.74) is 0.691. The molecule has 1 aliphatic heterocycles. The lowest BCUT2D eigenvalue weighted by Gasteiger charge is -2.25. The Kier molecular flexibility index (Phi) is 4.79. The molecule has 0 aliphatic carbocycles. The minimum Gasteiger partial charge on any atom is -0.335 e. The largest absolute Gasteiger partial charge is 0.416 e. The zero-order chi connectivity index (χ0) is 18.0. The van der Waals surface area contributed by atoms with Crippen LogP contribution in [0.15, 0.2) is 48.5 Å². The van der Waals surface area contributed by atoms with Gasteiger partial charge in [0.05, 0.1) is 18.0 Å². The zero-order valence-electron chi connectivity index (χ0n) is 13.4. The fraction of sp³-hybridized carbons (Fsp3) is 0.316. The van der Waals surface area contributed by atoms with E-state index in [9.17, 15) is 22.4 Å². The van der Waals surface area contributed by atoms with Crippen LogP contribution < -0.4 is 0 Å². The van der Waals surface area contributed by atoms with Crippen molar-refractivity contribution in [3.05, 3.63) is 71.0 Å². The summed E-state index contributed by atoms with van der Waals surface area (Å²) in [7, 11) is 0. The maximum atomic E-state index is 13.1. The Labute approximate surface area is 143 Å². The lowest BCUT2D eigenvalue weighted by molar-refractivity contribution is -0.137. The number of rotatable bonds is 3. The maximum Gasteiger partial charge on any atom is 0.416 e. The number of nitrogens with zero attached hydrogens (tertiary/aromatic N) is 1. The Morgan fingerprint density at radius 3 is 2.28 bits per heavy atom. The maximum absolute atomic E-state index is 13.1. The molecule has 1 saturated heterocycles. The molecule has 3 rings (SSSR count). The average molecular weight is 351 g/mol. The molecule has 1 aliphatic rings. The van der Waals surface area contributed by atoms with E-state index in [2.05, 4.69) is 0 Å². The van der Waals surface area contributed by atoms with Crippen LogP contribution in [0, 0.1) is 5.82 Å². The summed E-state index contributed by atoms with van der Waals surface area (Å²) < 4.78 is 50.9. The molecule has 0 saturated carbocycles. The summed E-state index contributed by atoms with van der Waals surface area (Å²) in [6.07, 6.45) is -2.69. The SMILES string of the molecule is O=C(Cc1ccc(C(F)(F)F)cc1)N1CCCC1c1ccc(F)cc1. The molecular formula is C19H17F4NO. The van der Waals surface area contributed by atoms with Crippen molar-refractivity contribution in [1.82, 2.24) is 4.90 Å². The lowest BCUT2D eigenvalue weighted by Crippen LogP contribution is -2.31. The third-order valence-corrected chi connectivity index (χ3v) is 4.46. The van der Waals surface area contributed by atoms with Crippen LogP contribution >= 0.6 is 0 Å². The number of likely N-dealkylation sites (tertiary alicyclic amines) is 1. The molecule has 0 aromatic heterocycles. The predicted molar refractivity (Wildman–Crippen MR) is 85.2 cm³/mol. The van der Waals surface area contributed by atoms with Gasteiger partial charge in [-0.3, -0.25) is 4.79 Å². The molecular weight excluding hydrogens is 334 g/mol. The molecule has 2 aromatic carbocycles. The molecule has 2 aromatic rings. The van der Waals surface area contributed by atoms with Gasteiger partial charge in [0, 0.05) is 6.54 Å². The van der Waals surface area contributed by atoms with Crippen molar-refractivity contribution in [3.63, 3.8) is 0 Å². The van der Waals surface area contributed by atoms with E-state index in [-0.39, 0.29) is 24.2 Å². The van der Waals surface area contributed by atoms with Crippen LogP contribution in [0.2, 0.25) is 0 Å². The zero-order valence-corrected chi connectivity index (χ0v) is 13.4. The summed E-state index contributed by atoms with van der Waals surface area (Å²) in [5.74, 6) is -0.462. The molecule has 132 valence electrons. The lowest BCUT2D eigenvalue weighted by atomic mass is 10.0. The highest BCUT2D eigenvalue weighted by molar-refractivity contribution is 5.79. The van der Waals surface area contributed by atoms with Crippen molar-refractivity contribution in [3.8, 4) is 0 Å².